The maximum Gasteiger partial charge on any atom is 0.394 e. The van der Waals surface area contributed by atoms with Crippen molar-refractivity contribution < 1.29 is 17.5 Å². The van der Waals surface area contributed by atoms with Gasteiger partial charge in [-0.15, -0.1) is 0 Å². The quantitative estimate of drug-likeness (QED) is 0.456. The van der Waals surface area contributed by atoms with Crippen molar-refractivity contribution in [1.82, 2.24) is 0 Å². The van der Waals surface area contributed by atoms with Gasteiger partial charge in [0.1, 0.15) is 0 Å². The molecule has 0 unspecified atom stereocenters. The fraction of sp³-hybridized carbons (Fsp3) is 0. The van der Waals surface area contributed by atoms with Gasteiger partial charge < -0.3 is 5.73 Å². The summed E-state index contributed by atoms with van der Waals surface area (Å²) in [4.78, 5) is 0. The lowest BCUT2D eigenvalue weighted by atomic mass is 10.3. The summed E-state index contributed by atoms with van der Waals surface area (Å²) in [5.74, 6) is 0. The van der Waals surface area contributed by atoms with Crippen LogP contribution >= 0.6 is 11.6 Å². The predicted octanol–water partition coefficient (Wildman–Crippen LogP) is 1.27. The largest absolute Gasteiger partial charge is 0.398 e. The lowest BCUT2D eigenvalue weighted by Crippen LogP contribution is -1.89. The second-order valence-electron chi connectivity index (χ2n) is 1.97. The average Bonchev–Trinajstić information content (AvgIpc) is 1.92. The Kier molecular flexibility index (Phi) is 4.71. The van der Waals surface area contributed by atoms with Crippen molar-refractivity contribution in [1.29, 1.82) is 0 Å². The molecule has 4 N–H and O–H groups in total. The zero-order valence-corrected chi connectivity index (χ0v) is 7.96. The Hall–Kier alpha value is -0.820. The maximum absolute atomic E-state index is 8.74. The highest BCUT2D eigenvalue weighted by Crippen LogP contribution is 2.15. The molecule has 0 heterocycles. The van der Waals surface area contributed by atoms with Crippen LogP contribution in [0.2, 0.25) is 5.02 Å². The molecule has 7 heteroatoms. The van der Waals surface area contributed by atoms with Crippen molar-refractivity contribution in [2.75, 3.05) is 5.73 Å². The zero-order chi connectivity index (χ0) is 10.5. The highest BCUT2D eigenvalue weighted by molar-refractivity contribution is 7.79. The van der Waals surface area contributed by atoms with E-state index < -0.39 is 10.4 Å². The maximum atomic E-state index is 8.74. The number of benzene rings is 1. The molecule has 0 fully saturated rings. The Morgan fingerprint density at radius 3 is 1.85 bits per heavy atom. The number of para-hydroxylation sites is 1. The average molecular weight is 226 g/mol. The van der Waals surface area contributed by atoms with Crippen molar-refractivity contribution in [3.63, 3.8) is 0 Å². The zero-order valence-electron chi connectivity index (χ0n) is 6.38. The lowest BCUT2D eigenvalue weighted by Gasteiger charge is -1.91. The standard InChI is InChI=1S/C6H6ClN.H2O4S/c7-5-3-1-2-4-6(5)8;1-5(2,3)4/h1-4H,8H2;(H2,1,2,3,4). The Balaban J connectivity index is 0.000000252. The van der Waals surface area contributed by atoms with Gasteiger partial charge in [0.05, 0.1) is 10.7 Å². The molecule has 5 nitrogen and oxygen atoms in total. The molecule has 0 aliphatic carbocycles. The van der Waals surface area contributed by atoms with E-state index in [1.807, 2.05) is 12.1 Å². The van der Waals surface area contributed by atoms with Crippen molar-refractivity contribution in [2.45, 2.75) is 0 Å². The van der Waals surface area contributed by atoms with Gasteiger partial charge in [0.2, 0.25) is 0 Å². The Morgan fingerprint density at radius 2 is 1.62 bits per heavy atom. The molecule has 13 heavy (non-hydrogen) atoms. The number of anilines is 1. The molecule has 0 saturated carbocycles. The first-order valence-corrected chi connectivity index (χ1v) is 4.78. The second-order valence-corrected chi connectivity index (χ2v) is 3.27. The first-order valence-electron chi connectivity index (χ1n) is 3.00. The molecule has 0 aliphatic rings. The van der Waals surface area contributed by atoms with E-state index in [4.69, 9.17) is 34.9 Å². The minimum Gasteiger partial charge on any atom is -0.398 e. The summed E-state index contributed by atoms with van der Waals surface area (Å²) in [5, 5.41) is 0.618. The molecule has 0 bridgehead atoms. The first kappa shape index (κ1) is 12.2. The van der Waals surface area contributed by atoms with Gasteiger partial charge >= 0.3 is 10.4 Å². The van der Waals surface area contributed by atoms with E-state index in [0.29, 0.717) is 10.7 Å². The molecule has 0 amide bonds. The van der Waals surface area contributed by atoms with Gasteiger partial charge in [-0.25, -0.2) is 0 Å². The van der Waals surface area contributed by atoms with Gasteiger partial charge in [0.15, 0.2) is 0 Å². The predicted molar refractivity (Wildman–Crippen MR) is 50.0 cm³/mol. The molecule has 0 aromatic heterocycles. The van der Waals surface area contributed by atoms with Gasteiger partial charge in [-0.3, -0.25) is 9.11 Å². The number of rotatable bonds is 0. The molecule has 1 aromatic rings. The third-order valence-corrected chi connectivity index (χ3v) is 1.25. The van der Waals surface area contributed by atoms with E-state index in [9.17, 15) is 0 Å². The Labute approximate surface area is 80.7 Å². The molecule has 1 rings (SSSR count). The van der Waals surface area contributed by atoms with Crippen molar-refractivity contribution in [3.8, 4) is 0 Å². The summed E-state index contributed by atoms with van der Waals surface area (Å²) < 4.78 is 31.6. The van der Waals surface area contributed by atoms with Crippen molar-refractivity contribution >= 4 is 27.7 Å². The number of nitrogen functional groups attached to an aromatic ring is 1. The van der Waals surface area contributed by atoms with Crippen LogP contribution in [-0.4, -0.2) is 17.5 Å². The summed E-state index contributed by atoms with van der Waals surface area (Å²) in [7, 11) is -4.67. The first-order chi connectivity index (χ1) is 5.80. The third kappa shape index (κ3) is 9.09. The van der Waals surface area contributed by atoms with Crippen LogP contribution in [0.4, 0.5) is 5.69 Å². The summed E-state index contributed by atoms with van der Waals surface area (Å²) in [6.07, 6.45) is 0. The molecular formula is C6H8ClNO4S. The summed E-state index contributed by atoms with van der Waals surface area (Å²) in [6, 6.07) is 7.22. The second kappa shape index (κ2) is 5.03. The highest BCUT2D eigenvalue weighted by atomic mass is 35.5. The Morgan fingerprint density at radius 1 is 1.23 bits per heavy atom. The molecule has 0 atom stereocenters. The Bertz CT molecular complexity index is 336. The smallest absolute Gasteiger partial charge is 0.394 e. The van der Waals surface area contributed by atoms with Crippen LogP contribution in [0, 0.1) is 0 Å². The van der Waals surface area contributed by atoms with Crippen LogP contribution in [-0.2, 0) is 10.4 Å². The normalized spacial score (nSPS) is 10.1. The molecular weight excluding hydrogens is 218 g/mol. The fourth-order valence-corrected chi connectivity index (χ4v) is 0.611. The van der Waals surface area contributed by atoms with Gasteiger partial charge in [0, 0.05) is 0 Å². The highest BCUT2D eigenvalue weighted by Gasteiger charge is 1.87. The number of hydrogen-bond donors (Lipinski definition) is 3. The van der Waals surface area contributed by atoms with Crippen LogP contribution in [0.5, 0.6) is 0 Å². The van der Waals surface area contributed by atoms with E-state index in [-0.39, 0.29) is 0 Å². The number of nitrogens with two attached hydrogens (primary N) is 1. The van der Waals surface area contributed by atoms with E-state index >= 15 is 0 Å². The summed E-state index contributed by atoms with van der Waals surface area (Å²) in [5.41, 5.74) is 6.02. The lowest BCUT2D eigenvalue weighted by molar-refractivity contribution is 0.381. The van der Waals surface area contributed by atoms with Gasteiger partial charge in [-0.05, 0) is 12.1 Å². The minimum atomic E-state index is -4.67. The monoisotopic (exact) mass is 225 g/mol. The van der Waals surface area contributed by atoms with Crippen LogP contribution in [0.1, 0.15) is 0 Å². The topological polar surface area (TPSA) is 101 Å². The summed E-state index contributed by atoms with van der Waals surface area (Å²) in [6.45, 7) is 0. The van der Waals surface area contributed by atoms with E-state index in [1.165, 1.54) is 0 Å². The molecule has 74 valence electrons. The van der Waals surface area contributed by atoms with E-state index in [1.54, 1.807) is 12.1 Å². The molecule has 1 aromatic carbocycles. The van der Waals surface area contributed by atoms with Gasteiger partial charge in [-0.2, -0.15) is 8.42 Å². The van der Waals surface area contributed by atoms with E-state index in [2.05, 4.69) is 0 Å². The fourth-order valence-electron chi connectivity index (χ4n) is 0.475. The van der Waals surface area contributed by atoms with Crippen LogP contribution in [0.25, 0.3) is 0 Å². The number of halogens is 1. The van der Waals surface area contributed by atoms with Gasteiger partial charge in [-0.1, -0.05) is 23.7 Å². The van der Waals surface area contributed by atoms with E-state index in [0.717, 1.165) is 0 Å². The molecule has 0 spiro atoms. The third-order valence-electron chi connectivity index (χ3n) is 0.905. The van der Waals surface area contributed by atoms with Crippen LogP contribution in [0.3, 0.4) is 0 Å². The SMILES string of the molecule is Nc1ccccc1Cl.O=S(=O)(O)O. The van der Waals surface area contributed by atoms with Crippen molar-refractivity contribution in [2.24, 2.45) is 0 Å². The molecule has 0 saturated heterocycles. The van der Waals surface area contributed by atoms with Crippen LogP contribution in [0.15, 0.2) is 24.3 Å². The summed E-state index contributed by atoms with van der Waals surface area (Å²) >= 11 is 5.58. The van der Waals surface area contributed by atoms with Crippen molar-refractivity contribution in [3.05, 3.63) is 29.3 Å². The molecule has 0 aliphatic heterocycles. The minimum absolute atomic E-state index is 0.618. The van der Waals surface area contributed by atoms with Crippen LogP contribution < -0.4 is 5.73 Å². The van der Waals surface area contributed by atoms with Gasteiger partial charge in [0.25, 0.3) is 0 Å². The molecule has 0 radical (unpaired) electrons. The number of hydrogen-bond acceptors (Lipinski definition) is 3.